The Hall–Kier alpha value is -1.62. The Balaban J connectivity index is 1.99. The van der Waals surface area contributed by atoms with Gasteiger partial charge in [0.25, 0.3) is 5.91 Å². The van der Waals surface area contributed by atoms with Crippen molar-refractivity contribution >= 4 is 11.7 Å². The number of hydrogen-bond donors (Lipinski definition) is 3. The van der Waals surface area contributed by atoms with Crippen LogP contribution in [-0.2, 0) is 0 Å². The van der Waals surface area contributed by atoms with Crippen molar-refractivity contribution < 1.29 is 4.79 Å². The number of aromatic nitrogens is 1. The zero-order chi connectivity index (χ0) is 13.5. The number of nitrogens with one attached hydrogen (secondary N) is 2. The molecule has 0 aliphatic heterocycles. The van der Waals surface area contributed by atoms with E-state index < -0.39 is 0 Å². The lowest BCUT2D eigenvalue weighted by Crippen LogP contribution is -2.36. The van der Waals surface area contributed by atoms with Gasteiger partial charge in [-0.1, -0.05) is 32.1 Å². The Kier molecular flexibility index (Phi) is 5.15. The van der Waals surface area contributed by atoms with E-state index >= 15 is 0 Å². The Morgan fingerprint density at radius 2 is 1.89 bits per heavy atom. The number of nitrogens with zero attached hydrogens (tertiary/aromatic N) is 1. The monoisotopic (exact) mass is 262 g/mol. The normalized spacial score (nSPS) is 17.3. The summed E-state index contributed by atoms with van der Waals surface area (Å²) < 4.78 is 0. The molecule has 0 aromatic carbocycles. The van der Waals surface area contributed by atoms with Gasteiger partial charge >= 0.3 is 0 Å². The average molecular weight is 262 g/mol. The minimum atomic E-state index is -0.0911. The molecule has 104 valence electrons. The van der Waals surface area contributed by atoms with Crippen LogP contribution in [0.25, 0.3) is 0 Å². The van der Waals surface area contributed by atoms with Crippen LogP contribution in [0.3, 0.4) is 0 Å². The first-order chi connectivity index (χ1) is 9.31. The fraction of sp³-hybridized carbons (Fsp3) is 0.571. The third-order valence-corrected chi connectivity index (χ3v) is 3.63. The molecule has 5 heteroatoms. The molecular weight excluding hydrogens is 240 g/mol. The van der Waals surface area contributed by atoms with Gasteiger partial charge in [0.1, 0.15) is 0 Å². The number of pyridine rings is 1. The summed E-state index contributed by atoms with van der Waals surface area (Å²) >= 11 is 0. The molecule has 1 fully saturated rings. The van der Waals surface area contributed by atoms with Gasteiger partial charge in [-0.05, 0) is 25.0 Å². The minimum absolute atomic E-state index is 0.0911. The second-order valence-corrected chi connectivity index (χ2v) is 5.06. The maximum Gasteiger partial charge on any atom is 0.255 e. The highest BCUT2D eigenvalue weighted by Gasteiger charge is 2.17. The molecule has 1 aromatic rings. The van der Waals surface area contributed by atoms with Gasteiger partial charge in [-0.25, -0.2) is 10.8 Å². The first-order valence-corrected chi connectivity index (χ1v) is 7.04. The van der Waals surface area contributed by atoms with E-state index in [4.69, 9.17) is 5.84 Å². The highest BCUT2D eigenvalue weighted by Crippen LogP contribution is 2.18. The van der Waals surface area contributed by atoms with Crippen molar-refractivity contribution in [3.8, 4) is 0 Å². The average Bonchev–Trinajstić information content (AvgIpc) is 2.41. The van der Waals surface area contributed by atoms with Crippen molar-refractivity contribution in [2.24, 2.45) is 5.84 Å². The molecule has 0 saturated heterocycles. The van der Waals surface area contributed by atoms with E-state index in [0.29, 0.717) is 11.4 Å². The third-order valence-electron chi connectivity index (χ3n) is 3.63. The second-order valence-electron chi connectivity index (χ2n) is 5.06. The third kappa shape index (κ3) is 3.92. The molecule has 2 rings (SSSR count). The maximum atomic E-state index is 12.2. The van der Waals surface area contributed by atoms with Gasteiger partial charge in [0, 0.05) is 12.2 Å². The number of carbonyl (C=O) groups excluding carboxylic acids is 1. The lowest BCUT2D eigenvalue weighted by atomic mass is 9.96. The lowest BCUT2D eigenvalue weighted by molar-refractivity contribution is 0.0931. The fourth-order valence-corrected chi connectivity index (χ4v) is 2.57. The zero-order valence-corrected chi connectivity index (χ0v) is 11.2. The molecule has 1 aliphatic carbocycles. The first kappa shape index (κ1) is 13.8. The molecule has 4 N–H and O–H groups in total. The van der Waals surface area contributed by atoms with Crippen LogP contribution in [0.15, 0.2) is 18.3 Å². The van der Waals surface area contributed by atoms with Gasteiger partial charge in [-0.2, -0.15) is 0 Å². The van der Waals surface area contributed by atoms with Crippen molar-refractivity contribution in [1.29, 1.82) is 0 Å². The lowest BCUT2D eigenvalue weighted by Gasteiger charge is -2.21. The van der Waals surface area contributed by atoms with E-state index in [1.807, 2.05) is 0 Å². The van der Waals surface area contributed by atoms with Crippen LogP contribution in [0, 0.1) is 0 Å². The van der Waals surface area contributed by atoms with Crippen molar-refractivity contribution in [1.82, 2.24) is 10.3 Å². The summed E-state index contributed by atoms with van der Waals surface area (Å²) in [5.41, 5.74) is 2.97. The second kappa shape index (κ2) is 7.09. The Morgan fingerprint density at radius 3 is 2.58 bits per heavy atom. The van der Waals surface area contributed by atoms with Crippen molar-refractivity contribution in [3.63, 3.8) is 0 Å². The van der Waals surface area contributed by atoms with Gasteiger partial charge < -0.3 is 10.7 Å². The molecule has 0 bridgehead atoms. The quantitative estimate of drug-likeness (QED) is 0.576. The largest absolute Gasteiger partial charge is 0.349 e. The zero-order valence-electron chi connectivity index (χ0n) is 11.2. The standard InChI is InChI=1S/C14H22N4O/c15-18-13-12(9-6-10-16-13)14(19)17-11-7-4-2-1-3-5-8-11/h6,9-11H,1-5,7-8,15H2,(H,16,18)(H,17,19). The van der Waals surface area contributed by atoms with Gasteiger partial charge in [0.05, 0.1) is 5.56 Å². The predicted molar refractivity (Wildman–Crippen MR) is 75.6 cm³/mol. The van der Waals surface area contributed by atoms with Gasteiger partial charge in [0.2, 0.25) is 0 Å². The summed E-state index contributed by atoms with van der Waals surface area (Å²) in [6.45, 7) is 0. The molecule has 19 heavy (non-hydrogen) atoms. The Bertz CT molecular complexity index is 414. The number of rotatable bonds is 3. The van der Waals surface area contributed by atoms with Crippen molar-refractivity contribution in [2.45, 2.75) is 51.0 Å². The van der Waals surface area contributed by atoms with Crippen LogP contribution in [-0.4, -0.2) is 16.9 Å². The van der Waals surface area contributed by atoms with Gasteiger partial charge in [0.15, 0.2) is 5.82 Å². The molecule has 1 saturated carbocycles. The smallest absolute Gasteiger partial charge is 0.255 e. The number of nitrogens with two attached hydrogens (primary N) is 1. The van der Waals surface area contributed by atoms with E-state index in [1.54, 1.807) is 18.3 Å². The van der Waals surface area contributed by atoms with E-state index in [-0.39, 0.29) is 11.9 Å². The number of nitrogen functional groups attached to an aromatic ring is 1. The molecule has 0 radical (unpaired) electrons. The van der Waals surface area contributed by atoms with Crippen LogP contribution in [0.5, 0.6) is 0 Å². The molecule has 0 unspecified atom stereocenters. The van der Waals surface area contributed by atoms with Crippen molar-refractivity contribution in [2.75, 3.05) is 5.43 Å². The van der Waals surface area contributed by atoms with E-state index in [1.165, 1.54) is 32.1 Å². The number of hydrogen-bond acceptors (Lipinski definition) is 4. The Morgan fingerprint density at radius 1 is 1.21 bits per heavy atom. The van der Waals surface area contributed by atoms with E-state index in [2.05, 4.69) is 15.7 Å². The summed E-state index contributed by atoms with van der Waals surface area (Å²) in [4.78, 5) is 16.3. The molecule has 0 spiro atoms. The highest BCUT2D eigenvalue weighted by molar-refractivity contribution is 5.98. The van der Waals surface area contributed by atoms with Crippen LogP contribution in [0.2, 0.25) is 0 Å². The number of amides is 1. The molecule has 1 aromatic heterocycles. The number of hydrazine groups is 1. The Labute approximate surface area is 114 Å². The van der Waals surface area contributed by atoms with E-state index in [9.17, 15) is 4.79 Å². The van der Waals surface area contributed by atoms with Gasteiger partial charge in [-0.3, -0.25) is 4.79 Å². The van der Waals surface area contributed by atoms with Crippen LogP contribution in [0.4, 0.5) is 5.82 Å². The van der Waals surface area contributed by atoms with Gasteiger partial charge in [-0.15, -0.1) is 0 Å². The molecule has 1 amide bonds. The number of carbonyl (C=O) groups is 1. The van der Waals surface area contributed by atoms with E-state index in [0.717, 1.165) is 12.8 Å². The van der Waals surface area contributed by atoms with Crippen LogP contribution >= 0.6 is 0 Å². The van der Waals surface area contributed by atoms with Crippen LogP contribution in [0.1, 0.15) is 55.3 Å². The molecule has 5 nitrogen and oxygen atoms in total. The molecule has 1 heterocycles. The summed E-state index contributed by atoms with van der Waals surface area (Å²) in [7, 11) is 0. The molecular formula is C14H22N4O. The summed E-state index contributed by atoms with van der Waals surface area (Å²) in [6, 6.07) is 3.76. The fourth-order valence-electron chi connectivity index (χ4n) is 2.57. The number of anilines is 1. The van der Waals surface area contributed by atoms with Crippen LogP contribution < -0.4 is 16.6 Å². The maximum absolute atomic E-state index is 12.2. The minimum Gasteiger partial charge on any atom is -0.349 e. The molecule has 1 aliphatic rings. The van der Waals surface area contributed by atoms with Crippen molar-refractivity contribution in [3.05, 3.63) is 23.9 Å². The predicted octanol–water partition coefficient (Wildman–Crippen LogP) is 2.21. The summed E-state index contributed by atoms with van der Waals surface area (Å²) in [6.07, 6.45) is 10.0. The first-order valence-electron chi connectivity index (χ1n) is 7.04. The SMILES string of the molecule is NNc1ncccc1C(=O)NC1CCCCCCC1. The topological polar surface area (TPSA) is 80.0 Å². The summed E-state index contributed by atoms with van der Waals surface area (Å²) in [5.74, 6) is 5.71. The molecule has 0 atom stereocenters. The highest BCUT2D eigenvalue weighted by atomic mass is 16.1. The summed E-state index contributed by atoms with van der Waals surface area (Å²) in [5, 5.41) is 3.10.